The van der Waals surface area contributed by atoms with Crippen molar-refractivity contribution < 1.29 is 9.53 Å². The van der Waals surface area contributed by atoms with E-state index in [0.717, 1.165) is 0 Å². The van der Waals surface area contributed by atoms with Gasteiger partial charge in [0, 0.05) is 0 Å². The highest BCUT2D eigenvalue weighted by atomic mass is 16.6. The van der Waals surface area contributed by atoms with E-state index in [1.165, 1.54) is 6.92 Å². The largest absolute Gasteiger partial charge is 0.365 e. The molecule has 2 heteroatoms. The van der Waals surface area contributed by atoms with Crippen molar-refractivity contribution in [2.24, 2.45) is 0 Å². The smallest absolute Gasteiger partial charge is 0.160 e. The van der Waals surface area contributed by atoms with E-state index in [1.54, 1.807) is 0 Å². The SMILES string of the molecule is CC(=O)[C@H]1CO1. The molecule has 0 aliphatic carbocycles. The number of epoxide rings is 1. The summed E-state index contributed by atoms with van der Waals surface area (Å²) in [5, 5.41) is 0. The van der Waals surface area contributed by atoms with Gasteiger partial charge in [-0.3, -0.25) is 4.79 Å². The molecule has 0 bridgehead atoms. The predicted octanol–water partition coefficient (Wildman–Crippen LogP) is -0.0258. The van der Waals surface area contributed by atoms with Gasteiger partial charge in [-0.25, -0.2) is 0 Å². The van der Waals surface area contributed by atoms with Crippen LogP contribution in [0.2, 0.25) is 0 Å². The second-order valence-corrected chi connectivity index (χ2v) is 1.43. The fourth-order valence-corrected chi connectivity index (χ4v) is 0.283. The maximum atomic E-state index is 10.1. The molecule has 1 fully saturated rings. The summed E-state index contributed by atoms with van der Waals surface area (Å²) in [7, 11) is 0. The van der Waals surface area contributed by atoms with Crippen molar-refractivity contribution in [3.05, 3.63) is 0 Å². The quantitative estimate of drug-likeness (QED) is 0.419. The van der Waals surface area contributed by atoms with Crippen molar-refractivity contribution >= 4 is 5.78 Å². The summed E-state index contributed by atoms with van der Waals surface area (Å²) in [6.45, 7) is 2.19. The van der Waals surface area contributed by atoms with Gasteiger partial charge in [0.15, 0.2) is 5.78 Å². The minimum Gasteiger partial charge on any atom is -0.365 e. The molecule has 34 valence electrons. The first-order valence-corrected chi connectivity index (χ1v) is 1.93. The first-order valence-electron chi connectivity index (χ1n) is 1.93. The van der Waals surface area contributed by atoms with Crippen LogP contribution in [-0.4, -0.2) is 18.5 Å². The van der Waals surface area contributed by atoms with Crippen LogP contribution in [0.5, 0.6) is 0 Å². The third-order valence-corrected chi connectivity index (χ3v) is 0.787. The molecule has 1 rings (SSSR count). The van der Waals surface area contributed by atoms with Gasteiger partial charge in [0.2, 0.25) is 0 Å². The summed E-state index contributed by atoms with van der Waals surface area (Å²) in [5.41, 5.74) is 0. The Hall–Kier alpha value is -0.370. The molecular weight excluding hydrogens is 80.0 g/mol. The third-order valence-electron chi connectivity index (χ3n) is 0.787. The first kappa shape index (κ1) is 3.81. The molecule has 1 saturated heterocycles. The number of hydrogen-bond acceptors (Lipinski definition) is 2. The van der Waals surface area contributed by atoms with Crippen LogP contribution < -0.4 is 0 Å². The molecule has 1 aliphatic rings. The molecule has 0 aromatic heterocycles. The second-order valence-electron chi connectivity index (χ2n) is 1.43. The van der Waals surface area contributed by atoms with Crippen molar-refractivity contribution in [2.75, 3.05) is 6.61 Å². The summed E-state index contributed by atoms with van der Waals surface area (Å²) in [6.07, 6.45) is -0.0370. The first-order chi connectivity index (χ1) is 2.80. The Labute approximate surface area is 36.1 Å². The lowest BCUT2D eigenvalue weighted by atomic mass is 10.3. The fraction of sp³-hybridized carbons (Fsp3) is 0.750. The average Bonchev–Trinajstić information content (AvgIpc) is 2.06. The Kier molecular flexibility index (Phi) is 0.665. The van der Waals surface area contributed by atoms with Crippen molar-refractivity contribution in [2.45, 2.75) is 13.0 Å². The van der Waals surface area contributed by atoms with Crippen LogP contribution >= 0.6 is 0 Å². The number of carbonyl (C=O) groups excluding carboxylic acids is 1. The maximum Gasteiger partial charge on any atom is 0.160 e. The summed E-state index contributed by atoms with van der Waals surface area (Å²) in [6, 6.07) is 0. The highest BCUT2D eigenvalue weighted by molar-refractivity contribution is 5.82. The highest BCUT2D eigenvalue weighted by Gasteiger charge is 2.26. The van der Waals surface area contributed by atoms with E-state index < -0.39 is 0 Å². The number of carbonyl (C=O) groups is 1. The number of Topliss-reactive ketones (excluding diaryl/α,β-unsaturated/α-hetero) is 1. The molecule has 0 N–H and O–H groups in total. The van der Waals surface area contributed by atoms with Crippen molar-refractivity contribution in [1.82, 2.24) is 0 Å². The molecule has 2 nitrogen and oxygen atoms in total. The van der Waals surface area contributed by atoms with Gasteiger partial charge in [-0.1, -0.05) is 0 Å². The molecule has 1 heterocycles. The van der Waals surface area contributed by atoms with Gasteiger partial charge >= 0.3 is 0 Å². The third kappa shape index (κ3) is 0.571. The minimum absolute atomic E-state index is 0.0370. The molecule has 0 amide bonds. The lowest BCUT2D eigenvalue weighted by Gasteiger charge is -1.72. The predicted molar refractivity (Wildman–Crippen MR) is 20.4 cm³/mol. The molecule has 1 atom stereocenters. The van der Waals surface area contributed by atoms with E-state index >= 15 is 0 Å². The Morgan fingerprint density at radius 2 is 2.50 bits per heavy atom. The molecule has 0 aromatic rings. The van der Waals surface area contributed by atoms with Gasteiger partial charge in [-0.15, -0.1) is 0 Å². The second kappa shape index (κ2) is 1.05. The Morgan fingerprint density at radius 1 is 2.00 bits per heavy atom. The van der Waals surface area contributed by atoms with E-state index in [1.807, 2.05) is 0 Å². The Morgan fingerprint density at radius 3 is 2.50 bits per heavy atom. The van der Waals surface area contributed by atoms with Crippen LogP contribution in [0.4, 0.5) is 0 Å². The monoisotopic (exact) mass is 86.0 g/mol. The standard InChI is InChI=1S/C4H6O2/c1-3(5)4-2-6-4/h4H,2H2,1H3/t4-/m1/s1. The molecule has 0 aromatic carbocycles. The zero-order valence-corrected chi connectivity index (χ0v) is 3.60. The normalized spacial score (nSPS) is 29.8. The molecule has 0 unspecified atom stereocenters. The summed E-state index contributed by atoms with van der Waals surface area (Å²) in [5.74, 6) is 0.148. The number of ether oxygens (including phenoxy) is 1. The lowest BCUT2D eigenvalue weighted by molar-refractivity contribution is -0.118. The van der Waals surface area contributed by atoms with E-state index in [0.29, 0.717) is 6.61 Å². The summed E-state index contributed by atoms with van der Waals surface area (Å²) >= 11 is 0. The topological polar surface area (TPSA) is 29.6 Å². The van der Waals surface area contributed by atoms with E-state index in [4.69, 9.17) is 0 Å². The van der Waals surface area contributed by atoms with Gasteiger partial charge in [-0.05, 0) is 6.92 Å². The van der Waals surface area contributed by atoms with Gasteiger partial charge in [0.1, 0.15) is 6.10 Å². The number of hydrogen-bond donors (Lipinski definition) is 0. The Bertz CT molecular complexity index is 73.6. The minimum atomic E-state index is -0.0370. The van der Waals surface area contributed by atoms with Gasteiger partial charge < -0.3 is 4.74 Å². The van der Waals surface area contributed by atoms with E-state index in [-0.39, 0.29) is 11.9 Å². The zero-order chi connectivity index (χ0) is 4.57. The summed E-state index contributed by atoms with van der Waals surface area (Å²) < 4.78 is 4.62. The zero-order valence-electron chi connectivity index (χ0n) is 3.60. The summed E-state index contributed by atoms with van der Waals surface area (Å²) in [4.78, 5) is 10.1. The van der Waals surface area contributed by atoms with E-state index in [2.05, 4.69) is 4.74 Å². The molecule has 1 aliphatic heterocycles. The fourth-order valence-electron chi connectivity index (χ4n) is 0.283. The molecule has 0 saturated carbocycles. The Balaban J connectivity index is 2.31. The molecule has 6 heavy (non-hydrogen) atoms. The number of rotatable bonds is 1. The van der Waals surface area contributed by atoms with Crippen molar-refractivity contribution in [3.63, 3.8) is 0 Å². The average molecular weight is 86.1 g/mol. The number of ketones is 1. The van der Waals surface area contributed by atoms with Crippen LogP contribution in [0.15, 0.2) is 0 Å². The molecule has 0 radical (unpaired) electrons. The van der Waals surface area contributed by atoms with E-state index in [9.17, 15) is 4.79 Å². The maximum absolute atomic E-state index is 10.1. The van der Waals surface area contributed by atoms with Crippen LogP contribution in [0, 0.1) is 0 Å². The van der Waals surface area contributed by atoms with Gasteiger partial charge in [0.05, 0.1) is 6.61 Å². The van der Waals surface area contributed by atoms with Crippen LogP contribution in [0.1, 0.15) is 6.92 Å². The van der Waals surface area contributed by atoms with Crippen LogP contribution in [0.25, 0.3) is 0 Å². The van der Waals surface area contributed by atoms with Crippen molar-refractivity contribution in [3.8, 4) is 0 Å². The van der Waals surface area contributed by atoms with Gasteiger partial charge in [0.25, 0.3) is 0 Å². The van der Waals surface area contributed by atoms with Crippen LogP contribution in [0.3, 0.4) is 0 Å². The highest BCUT2D eigenvalue weighted by Crippen LogP contribution is 2.07. The van der Waals surface area contributed by atoms with Crippen molar-refractivity contribution in [1.29, 1.82) is 0 Å². The molecule has 0 spiro atoms. The van der Waals surface area contributed by atoms with Gasteiger partial charge in [-0.2, -0.15) is 0 Å². The lowest BCUT2D eigenvalue weighted by Crippen LogP contribution is -1.97. The molecular formula is C4H6O2. The van der Waals surface area contributed by atoms with Crippen LogP contribution in [-0.2, 0) is 9.53 Å².